The molecule has 0 aromatic rings. The Morgan fingerprint density at radius 1 is 0.538 bits per heavy atom. The van der Waals surface area contributed by atoms with Crippen LogP contribution in [-0.2, 0) is 19.1 Å². The summed E-state index contributed by atoms with van der Waals surface area (Å²) in [4.78, 5) is 21.5. The molecule has 0 saturated carbocycles. The number of rotatable bonds is 4. The van der Waals surface area contributed by atoms with Gasteiger partial charge in [0.25, 0.3) is 12.2 Å². The molecule has 0 aliphatic rings. The van der Waals surface area contributed by atoms with E-state index in [1.807, 2.05) is 0 Å². The molecule has 26 heavy (non-hydrogen) atoms. The van der Waals surface area contributed by atoms with Crippen molar-refractivity contribution in [2.75, 3.05) is 0 Å². The summed E-state index contributed by atoms with van der Waals surface area (Å²) < 4.78 is 150. The van der Waals surface area contributed by atoms with Gasteiger partial charge >= 0.3 is 36.6 Å². The van der Waals surface area contributed by atoms with Gasteiger partial charge in [-0.05, 0) is 0 Å². The zero-order valence-electron chi connectivity index (χ0n) is 11.5. The number of halogens is 12. The van der Waals surface area contributed by atoms with Gasteiger partial charge < -0.3 is 9.47 Å². The summed E-state index contributed by atoms with van der Waals surface area (Å²) >= 11 is 0. The molecule has 16 heteroatoms. The lowest BCUT2D eigenvalue weighted by Crippen LogP contribution is -2.45. The van der Waals surface area contributed by atoms with Crippen molar-refractivity contribution in [2.24, 2.45) is 0 Å². The largest absolute Gasteiger partial charge is 0.440 e. The molecule has 0 amide bonds. The highest BCUT2D eigenvalue weighted by molar-refractivity contribution is 5.91. The molecule has 0 spiro atoms. The van der Waals surface area contributed by atoms with Crippen molar-refractivity contribution < 1.29 is 71.7 Å². The molecule has 0 rings (SSSR count). The van der Waals surface area contributed by atoms with E-state index in [2.05, 4.69) is 9.47 Å². The molecule has 0 bridgehead atoms. The Morgan fingerprint density at radius 3 is 0.885 bits per heavy atom. The highest BCUT2D eigenvalue weighted by atomic mass is 19.4. The zero-order valence-corrected chi connectivity index (χ0v) is 11.5. The smallest absolute Gasteiger partial charge is 0.434 e. The Labute approximate surface area is 134 Å². The van der Waals surface area contributed by atoms with Crippen molar-refractivity contribution in [1.29, 1.82) is 0 Å². The number of hydrogen-bond donors (Lipinski definition) is 0. The van der Waals surface area contributed by atoms with Gasteiger partial charge in [-0.3, -0.25) is 0 Å². The van der Waals surface area contributed by atoms with Crippen LogP contribution in [0.1, 0.15) is 0 Å². The lowest BCUT2D eigenvalue weighted by atomic mass is 10.3. The Morgan fingerprint density at radius 2 is 0.731 bits per heavy atom. The average Bonchev–Trinajstić information content (AvgIpc) is 2.34. The van der Waals surface area contributed by atoms with E-state index in [4.69, 9.17) is 0 Å². The molecule has 0 fully saturated rings. The molecule has 0 atom stereocenters. The third kappa shape index (κ3) is 7.81. The minimum Gasteiger partial charge on any atom is -0.440 e. The lowest BCUT2D eigenvalue weighted by Gasteiger charge is -2.22. The van der Waals surface area contributed by atoms with Crippen molar-refractivity contribution in [3.63, 3.8) is 0 Å². The molecule has 0 aliphatic heterocycles. The first-order valence-electron chi connectivity index (χ1n) is 5.62. The van der Waals surface area contributed by atoms with Crippen LogP contribution >= 0.6 is 0 Å². The molecule has 0 N–H and O–H groups in total. The standard InChI is InChI=1S/C10H4F12O4/c11-7(12,13)5(8(14,15)16)25-3(23)1-2-4(24)26-6(9(17,18)19)10(20,21)22/h1-2,5-6H/b2-1+. The van der Waals surface area contributed by atoms with Crippen molar-refractivity contribution in [3.05, 3.63) is 12.2 Å². The topological polar surface area (TPSA) is 52.6 Å². The van der Waals surface area contributed by atoms with Gasteiger partial charge in [0.15, 0.2) is 0 Å². The van der Waals surface area contributed by atoms with Crippen LogP contribution in [0, 0.1) is 0 Å². The van der Waals surface area contributed by atoms with Gasteiger partial charge in [0.2, 0.25) is 0 Å². The zero-order chi connectivity index (χ0) is 21.1. The fourth-order valence-corrected chi connectivity index (χ4v) is 1.09. The Balaban J connectivity index is 5.10. The second-order valence-electron chi connectivity index (χ2n) is 4.13. The number of alkyl halides is 12. The normalized spacial score (nSPS) is 14.2. The third-order valence-corrected chi connectivity index (χ3v) is 2.01. The summed E-state index contributed by atoms with van der Waals surface area (Å²) in [5.74, 6) is -5.06. The minimum absolute atomic E-state index is 0.573. The van der Waals surface area contributed by atoms with Crippen LogP contribution in [0.3, 0.4) is 0 Å². The molecule has 0 unspecified atom stereocenters. The Hall–Kier alpha value is -2.16. The van der Waals surface area contributed by atoms with Crippen LogP contribution in [0.2, 0.25) is 0 Å². The van der Waals surface area contributed by atoms with E-state index in [-0.39, 0.29) is 0 Å². The molecule has 0 aliphatic carbocycles. The van der Waals surface area contributed by atoms with Crippen LogP contribution in [0.25, 0.3) is 0 Å². The minimum atomic E-state index is -6.13. The molecule has 0 saturated heterocycles. The highest BCUT2D eigenvalue weighted by Gasteiger charge is 2.60. The van der Waals surface area contributed by atoms with Gasteiger partial charge in [0, 0.05) is 12.2 Å². The maximum Gasteiger partial charge on any atom is 0.434 e. The summed E-state index contributed by atoms with van der Waals surface area (Å²) in [5.41, 5.74) is 0. The predicted molar refractivity (Wildman–Crippen MR) is 53.1 cm³/mol. The van der Waals surface area contributed by atoms with E-state index in [1.54, 1.807) is 0 Å². The van der Waals surface area contributed by atoms with Gasteiger partial charge in [-0.2, -0.15) is 52.7 Å². The molecular formula is C10H4F12O4. The van der Waals surface area contributed by atoms with Crippen molar-refractivity contribution in [1.82, 2.24) is 0 Å². The number of carbonyl (C=O) groups excluding carboxylic acids is 2. The molecule has 0 radical (unpaired) electrons. The number of ether oxygens (including phenoxy) is 2. The summed E-state index contributed by atoms with van der Waals surface area (Å²) in [6, 6.07) is 0. The summed E-state index contributed by atoms with van der Waals surface area (Å²) in [5, 5.41) is 0. The lowest BCUT2D eigenvalue weighted by molar-refractivity contribution is -0.313. The van der Waals surface area contributed by atoms with Crippen LogP contribution in [0.5, 0.6) is 0 Å². The fraction of sp³-hybridized carbons (Fsp3) is 0.600. The second kappa shape index (κ2) is 7.61. The molecule has 152 valence electrons. The fourth-order valence-electron chi connectivity index (χ4n) is 1.09. The van der Waals surface area contributed by atoms with E-state index >= 15 is 0 Å². The third-order valence-electron chi connectivity index (χ3n) is 2.01. The molecule has 0 aromatic carbocycles. The summed E-state index contributed by atoms with van der Waals surface area (Å²) in [7, 11) is 0. The molecule has 0 heterocycles. The van der Waals surface area contributed by atoms with Gasteiger partial charge in [0.1, 0.15) is 0 Å². The van der Waals surface area contributed by atoms with Crippen LogP contribution in [0.15, 0.2) is 12.2 Å². The maximum absolute atomic E-state index is 12.0. The Bertz CT molecular complexity index is 462. The van der Waals surface area contributed by atoms with Gasteiger partial charge in [-0.15, -0.1) is 0 Å². The van der Waals surface area contributed by atoms with Crippen LogP contribution < -0.4 is 0 Å². The SMILES string of the molecule is O=C(/C=C/C(=O)OC(C(F)(F)F)C(F)(F)F)OC(C(F)(F)F)C(F)(F)F. The quantitative estimate of drug-likeness (QED) is 0.399. The predicted octanol–water partition coefficient (Wildman–Crippen LogP) is 3.62. The van der Waals surface area contributed by atoms with Gasteiger partial charge in [-0.25, -0.2) is 9.59 Å². The van der Waals surface area contributed by atoms with Gasteiger partial charge in [-0.1, -0.05) is 0 Å². The first kappa shape index (κ1) is 23.8. The molecule has 0 aromatic heterocycles. The molecule has 4 nitrogen and oxygen atoms in total. The highest BCUT2D eigenvalue weighted by Crippen LogP contribution is 2.36. The van der Waals surface area contributed by atoms with E-state index in [0.29, 0.717) is 0 Å². The van der Waals surface area contributed by atoms with E-state index in [0.717, 1.165) is 0 Å². The number of esters is 2. The summed E-state index contributed by atoms with van der Waals surface area (Å²) in [6.45, 7) is 0. The second-order valence-corrected chi connectivity index (χ2v) is 4.13. The van der Waals surface area contributed by atoms with E-state index in [1.165, 1.54) is 0 Å². The first-order valence-corrected chi connectivity index (χ1v) is 5.62. The number of hydrogen-bond acceptors (Lipinski definition) is 4. The first-order chi connectivity index (χ1) is 11.3. The van der Waals surface area contributed by atoms with E-state index in [9.17, 15) is 62.3 Å². The van der Waals surface area contributed by atoms with E-state index < -0.39 is 61.0 Å². The monoisotopic (exact) mass is 416 g/mol. The van der Waals surface area contributed by atoms with Crippen LogP contribution in [-0.4, -0.2) is 48.9 Å². The van der Waals surface area contributed by atoms with Crippen LogP contribution in [0.4, 0.5) is 52.7 Å². The van der Waals surface area contributed by atoms with Crippen molar-refractivity contribution in [2.45, 2.75) is 36.9 Å². The molecular weight excluding hydrogens is 412 g/mol. The summed E-state index contributed by atoms with van der Waals surface area (Å²) in [6.07, 6.45) is -34.9. The van der Waals surface area contributed by atoms with Gasteiger partial charge in [0.05, 0.1) is 0 Å². The average molecular weight is 416 g/mol. The Kier molecular flexibility index (Phi) is 6.98. The van der Waals surface area contributed by atoms with Crippen molar-refractivity contribution in [3.8, 4) is 0 Å². The van der Waals surface area contributed by atoms with Crippen molar-refractivity contribution >= 4 is 11.9 Å². The number of carbonyl (C=O) groups is 2. The maximum atomic E-state index is 12.0.